The first-order valence-electron chi connectivity index (χ1n) is 6.39. The van der Waals surface area contributed by atoms with E-state index in [2.05, 4.69) is 20.9 Å². The summed E-state index contributed by atoms with van der Waals surface area (Å²) in [5.41, 5.74) is 2.28. The van der Waals surface area contributed by atoms with Crippen LogP contribution in [0.3, 0.4) is 0 Å². The van der Waals surface area contributed by atoms with Crippen LogP contribution in [0.15, 0.2) is 36.9 Å². The summed E-state index contributed by atoms with van der Waals surface area (Å²) in [6.07, 6.45) is 2.52. The van der Waals surface area contributed by atoms with E-state index in [4.69, 9.17) is 9.47 Å². The van der Waals surface area contributed by atoms with Crippen LogP contribution in [0.2, 0.25) is 0 Å². The van der Waals surface area contributed by atoms with Gasteiger partial charge in [-0.15, -0.1) is 10.2 Å². The standard InChI is InChI=1S/C13H15N5O4/c1-21-10-2-4-11(5-3-10)22-7-6-14-12(19)13(20)17-18-8-15-16-9-18/h2-5,8-9H,6-7H2,1H3,(H,14,19)(H,17,20). The summed E-state index contributed by atoms with van der Waals surface area (Å²) >= 11 is 0. The number of methoxy groups -OCH3 is 1. The third kappa shape index (κ3) is 4.47. The van der Waals surface area contributed by atoms with Crippen molar-refractivity contribution in [1.82, 2.24) is 20.2 Å². The zero-order valence-corrected chi connectivity index (χ0v) is 11.9. The number of nitrogens with zero attached hydrogens (tertiary/aromatic N) is 3. The smallest absolute Gasteiger partial charge is 0.328 e. The van der Waals surface area contributed by atoms with E-state index >= 15 is 0 Å². The lowest BCUT2D eigenvalue weighted by atomic mass is 10.3. The Morgan fingerprint density at radius 2 is 1.73 bits per heavy atom. The Labute approximate surface area is 126 Å². The third-order valence-corrected chi connectivity index (χ3v) is 2.57. The van der Waals surface area contributed by atoms with E-state index in [1.807, 2.05) is 0 Å². The number of carbonyl (C=O) groups excluding carboxylic acids is 2. The average molecular weight is 305 g/mol. The van der Waals surface area contributed by atoms with Gasteiger partial charge in [0.25, 0.3) is 0 Å². The number of aromatic nitrogens is 3. The molecule has 0 atom stereocenters. The molecule has 9 nitrogen and oxygen atoms in total. The first-order chi connectivity index (χ1) is 10.7. The molecule has 2 N–H and O–H groups in total. The molecule has 116 valence electrons. The SMILES string of the molecule is COc1ccc(OCCNC(=O)C(=O)Nn2cnnc2)cc1. The largest absolute Gasteiger partial charge is 0.497 e. The number of ether oxygens (including phenoxy) is 2. The molecule has 1 aromatic carbocycles. The van der Waals surface area contributed by atoms with Crippen LogP contribution in [0.4, 0.5) is 0 Å². The minimum Gasteiger partial charge on any atom is -0.497 e. The molecule has 1 heterocycles. The fourth-order valence-corrected chi connectivity index (χ4v) is 1.51. The van der Waals surface area contributed by atoms with E-state index in [1.54, 1.807) is 31.4 Å². The van der Waals surface area contributed by atoms with Crippen molar-refractivity contribution in [2.45, 2.75) is 0 Å². The highest BCUT2D eigenvalue weighted by molar-refractivity contribution is 6.38. The number of hydrogen-bond acceptors (Lipinski definition) is 6. The molecule has 1 aromatic heterocycles. The van der Waals surface area contributed by atoms with Crippen molar-refractivity contribution >= 4 is 11.8 Å². The highest BCUT2D eigenvalue weighted by Gasteiger charge is 2.12. The van der Waals surface area contributed by atoms with E-state index < -0.39 is 11.8 Å². The van der Waals surface area contributed by atoms with Gasteiger partial charge < -0.3 is 14.8 Å². The van der Waals surface area contributed by atoms with Crippen LogP contribution in [0.25, 0.3) is 0 Å². The second kappa shape index (κ2) is 7.62. The highest BCUT2D eigenvalue weighted by Crippen LogP contribution is 2.16. The summed E-state index contributed by atoms with van der Waals surface area (Å²) in [7, 11) is 1.58. The Kier molecular flexibility index (Phi) is 5.30. The lowest BCUT2D eigenvalue weighted by molar-refractivity contribution is -0.136. The van der Waals surface area contributed by atoms with Gasteiger partial charge in [0.1, 0.15) is 30.8 Å². The Bertz CT molecular complexity index is 612. The van der Waals surface area contributed by atoms with Gasteiger partial charge in [0.05, 0.1) is 13.7 Å². The van der Waals surface area contributed by atoms with Gasteiger partial charge in [0.2, 0.25) is 0 Å². The zero-order valence-electron chi connectivity index (χ0n) is 11.9. The molecule has 0 saturated heterocycles. The summed E-state index contributed by atoms with van der Waals surface area (Å²) < 4.78 is 11.6. The van der Waals surface area contributed by atoms with E-state index in [-0.39, 0.29) is 13.2 Å². The molecular formula is C13H15N5O4. The number of rotatable bonds is 6. The molecule has 0 bridgehead atoms. The fourth-order valence-electron chi connectivity index (χ4n) is 1.51. The van der Waals surface area contributed by atoms with Crippen LogP contribution in [0.1, 0.15) is 0 Å². The quantitative estimate of drug-likeness (QED) is 0.553. The highest BCUT2D eigenvalue weighted by atomic mass is 16.5. The van der Waals surface area contributed by atoms with Crippen LogP contribution in [-0.2, 0) is 9.59 Å². The molecule has 0 radical (unpaired) electrons. The van der Waals surface area contributed by atoms with Gasteiger partial charge in [-0.1, -0.05) is 0 Å². The molecular weight excluding hydrogens is 290 g/mol. The molecule has 2 rings (SSSR count). The van der Waals surface area contributed by atoms with Crippen LogP contribution in [0, 0.1) is 0 Å². The van der Waals surface area contributed by atoms with E-state index in [1.165, 1.54) is 17.3 Å². The first kappa shape index (κ1) is 15.3. The van der Waals surface area contributed by atoms with E-state index in [9.17, 15) is 9.59 Å². The maximum atomic E-state index is 11.5. The Hall–Kier alpha value is -3.10. The monoisotopic (exact) mass is 305 g/mol. The van der Waals surface area contributed by atoms with Gasteiger partial charge in [0, 0.05) is 0 Å². The number of nitrogens with one attached hydrogen (secondary N) is 2. The molecule has 0 fully saturated rings. The van der Waals surface area contributed by atoms with Crippen molar-refractivity contribution in [2.24, 2.45) is 0 Å². The minimum atomic E-state index is -0.816. The molecule has 0 unspecified atom stereocenters. The van der Waals surface area contributed by atoms with Crippen LogP contribution < -0.4 is 20.2 Å². The van der Waals surface area contributed by atoms with Gasteiger partial charge >= 0.3 is 11.8 Å². The van der Waals surface area contributed by atoms with Crippen molar-refractivity contribution in [2.75, 3.05) is 25.7 Å². The lowest BCUT2D eigenvalue weighted by Crippen LogP contribution is -2.40. The van der Waals surface area contributed by atoms with Crippen molar-refractivity contribution in [3.63, 3.8) is 0 Å². The fraction of sp³-hybridized carbons (Fsp3) is 0.231. The van der Waals surface area contributed by atoms with Gasteiger partial charge in [-0.2, -0.15) is 0 Å². The van der Waals surface area contributed by atoms with Gasteiger partial charge in [-0.25, -0.2) is 4.68 Å². The molecule has 0 aliphatic rings. The van der Waals surface area contributed by atoms with Gasteiger partial charge in [-0.05, 0) is 24.3 Å². The average Bonchev–Trinajstić information content (AvgIpc) is 3.04. The molecule has 0 saturated carbocycles. The normalized spacial score (nSPS) is 9.86. The molecule has 9 heteroatoms. The van der Waals surface area contributed by atoms with Crippen molar-refractivity contribution < 1.29 is 19.1 Å². The summed E-state index contributed by atoms with van der Waals surface area (Å²) in [5.74, 6) is -0.216. The maximum absolute atomic E-state index is 11.5. The van der Waals surface area contributed by atoms with Crippen LogP contribution in [-0.4, -0.2) is 46.9 Å². The van der Waals surface area contributed by atoms with E-state index in [0.29, 0.717) is 5.75 Å². The van der Waals surface area contributed by atoms with Gasteiger partial charge in [-0.3, -0.25) is 15.0 Å². The maximum Gasteiger partial charge on any atom is 0.328 e. The molecule has 0 spiro atoms. The second-order valence-corrected chi connectivity index (χ2v) is 4.09. The van der Waals surface area contributed by atoms with E-state index in [0.717, 1.165) is 5.75 Å². The molecule has 2 aromatic rings. The van der Waals surface area contributed by atoms with Crippen molar-refractivity contribution in [3.05, 3.63) is 36.9 Å². The van der Waals surface area contributed by atoms with Crippen LogP contribution >= 0.6 is 0 Å². The van der Waals surface area contributed by atoms with Gasteiger partial charge in [0.15, 0.2) is 0 Å². The van der Waals surface area contributed by atoms with Crippen LogP contribution in [0.5, 0.6) is 11.5 Å². The molecule has 22 heavy (non-hydrogen) atoms. The Balaban J connectivity index is 1.67. The Morgan fingerprint density at radius 3 is 2.36 bits per heavy atom. The third-order valence-electron chi connectivity index (χ3n) is 2.57. The number of carbonyl (C=O) groups is 2. The number of hydrogen-bond donors (Lipinski definition) is 2. The number of amides is 2. The van der Waals surface area contributed by atoms with Crippen molar-refractivity contribution in [1.29, 1.82) is 0 Å². The number of benzene rings is 1. The molecule has 0 aliphatic carbocycles. The predicted molar refractivity (Wildman–Crippen MR) is 75.9 cm³/mol. The Morgan fingerprint density at radius 1 is 1.09 bits per heavy atom. The minimum absolute atomic E-state index is 0.195. The predicted octanol–water partition coefficient (Wildman–Crippen LogP) is -0.448. The lowest BCUT2D eigenvalue weighted by Gasteiger charge is -2.08. The summed E-state index contributed by atoms with van der Waals surface area (Å²) in [4.78, 5) is 23.0. The summed E-state index contributed by atoms with van der Waals surface area (Å²) in [5, 5.41) is 9.42. The zero-order chi connectivity index (χ0) is 15.8. The summed E-state index contributed by atoms with van der Waals surface area (Å²) in [6.45, 7) is 0.429. The molecule has 0 aliphatic heterocycles. The van der Waals surface area contributed by atoms with Crippen molar-refractivity contribution in [3.8, 4) is 11.5 Å². The second-order valence-electron chi connectivity index (χ2n) is 4.09. The summed E-state index contributed by atoms with van der Waals surface area (Å²) in [6, 6.07) is 7.03. The molecule has 2 amide bonds. The topological polar surface area (TPSA) is 107 Å². The first-order valence-corrected chi connectivity index (χ1v) is 6.39.